The van der Waals surface area contributed by atoms with Gasteiger partial charge in [0.15, 0.2) is 11.6 Å². The Labute approximate surface area is 184 Å². The first kappa shape index (κ1) is 21.3. The molecular weight excluding hydrogens is 423 g/mol. The Morgan fingerprint density at radius 2 is 2.10 bits per heavy atom. The SMILES string of the molecule is NC(=O)[C@H]1[C@@H]2C[C@@H](CNC(=O)Cc3cccc(N)c3)[C@@H](C2)[C@H]1Nc1nc(Cl)ncc1F. The molecule has 5 atom stereocenters. The Morgan fingerprint density at radius 3 is 2.84 bits per heavy atom. The molecule has 0 saturated heterocycles. The molecule has 8 nitrogen and oxygen atoms in total. The molecule has 2 fully saturated rings. The Hall–Kier alpha value is -2.94. The van der Waals surface area contributed by atoms with Gasteiger partial charge in [0.1, 0.15) is 0 Å². The molecule has 4 rings (SSSR count). The predicted molar refractivity (Wildman–Crippen MR) is 114 cm³/mol. The fourth-order valence-electron chi connectivity index (χ4n) is 5.14. The molecular formula is C21H24ClFN6O2. The van der Waals surface area contributed by atoms with E-state index in [1.165, 1.54) is 0 Å². The maximum absolute atomic E-state index is 14.2. The second-order valence-corrected chi connectivity index (χ2v) is 8.65. The highest BCUT2D eigenvalue weighted by atomic mass is 35.5. The maximum atomic E-state index is 14.2. The fraction of sp³-hybridized carbons (Fsp3) is 0.429. The number of rotatable bonds is 7. The number of primary amides is 1. The van der Waals surface area contributed by atoms with E-state index in [-0.39, 0.29) is 47.2 Å². The van der Waals surface area contributed by atoms with Crippen LogP contribution in [0.4, 0.5) is 15.9 Å². The molecule has 1 heterocycles. The van der Waals surface area contributed by atoms with Crippen molar-refractivity contribution < 1.29 is 14.0 Å². The van der Waals surface area contributed by atoms with E-state index in [1.807, 2.05) is 12.1 Å². The second-order valence-electron chi connectivity index (χ2n) is 8.32. The largest absolute Gasteiger partial charge is 0.399 e. The van der Waals surface area contributed by atoms with E-state index in [0.717, 1.165) is 24.6 Å². The zero-order chi connectivity index (χ0) is 22.1. The molecule has 0 spiro atoms. The second kappa shape index (κ2) is 8.66. The molecule has 0 aliphatic heterocycles. The van der Waals surface area contributed by atoms with Crippen LogP contribution >= 0.6 is 11.6 Å². The standard InChI is InChI=1S/C21H24ClFN6O2/c22-21-27-9-15(23)20(29-21)28-18-14-7-11(17(18)19(25)31)6-12(14)8-26-16(30)5-10-2-1-3-13(24)4-10/h1-4,9,11-12,14,17-18H,5-8,24H2,(H2,25,31)(H,26,30)(H,27,28,29)/t11-,12+,14-,17+,18-/m1/s1. The van der Waals surface area contributed by atoms with Crippen molar-refractivity contribution in [2.45, 2.75) is 25.3 Å². The van der Waals surface area contributed by atoms with Crippen molar-refractivity contribution in [3.63, 3.8) is 0 Å². The number of nitrogens with one attached hydrogen (secondary N) is 2. The predicted octanol–water partition coefficient (Wildman–Crippen LogP) is 1.75. The summed E-state index contributed by atoms with van der Waals surface area (Å²) in [5, 5.41) is 5.93. The van der Waals surface area contributed by atoms with Crippen LogP contribution < -0.4 is 22.1 Å². The van der Waals surface area contributed by atoms with Gasteiger partial charge in [-0.3, -0.25) is 9.59 Å². The monoisotopic (exact) mass is 446 g/mol. The van der Waals surface area contributed by atoms with Crippen molar-refractivity contribution in [1.82, 2.24) is 15.3 Å². The summed E-state index contributed by atoms with van der Waals surface area (Å²) in [5.41, 5.74) is 12.9. The number of nitrogens with zero attached hydrogens (tertiary/aromatic N) is 2. The van der Waals surface area contributed by atoms with Crippen LogP contribution in [0, 0.1) is 29.5 Å². The summed E-state index contributed by atoms with van der Waals surface area (Å²) < 4.78 is 14.2. The number of fused-ring (bicyclic) bond motifs is 2. The number of carbonyl (C=O) groups excluding carboxylic acids is 2. The molecule has 0 unspecified atom stereocenters. The molecule has 164 valence electrons. The number of hydrogen-bond acceptors (Lipinski definition) is 6. The summed E-state index contributed by atoms with van der Waals surface area (Å²) in [6, 6.07) is 6.83. The lowest BCUT2D eigenvalue weighted by Gasteiger charge is -2.35. The number of amides is 2. The van der Waals surface area contributed by atoms with E-state index in [9.17, 15) is 14.0 Å². The van der Waals surface area contributed by atoms with E-state index >= 15 is 0 Å². The summed E-state index contributed by atoms with van der Waals surface area (Å²) in [5.74, 6) is -1.39. The Kier molecular flexibility index (Phi) is 5.95. The minimum atomic E-state index is -0.651. The molecule has 1 aromatic carbocycles. The van der Waals surface area contributed by atoms with E-state index in [4.69, 9.17) is 23.1 Å². The summed E-state index contributed by atoms with van der Waals surface area (Å²) in [6.07, 6.45) is 2.78. The first-order valence-electron chi connectivity index (χ1n) is 10.2. The molecule has 31 heavy (non-hydrogen) atoms. The molecule has 2 aliphatic rings. The van der Waals surface area contributed by atoms with Crippen LogP contribution in [0.2, 0.25) is 5.28 Å². The lowest BCUT2D eigenvalue weighted by molar-refractivity contribution is -0.124. The normalized spacial score (nSPS) is 26.6. The van der Waals surface area contributed by atoms with Crippen molar-refractivity contribution >= 4 is 34.9 Å². The molecule has 2 saturated carbocycles. The highest BCUT2D eigenvalue weighted by Gasteiger charge is 2.54. The number of hydrogen-bond donors (Lipinski definition) is 4. The summed E-state index contributed by atoms with van der Waals surface area (Å²) in [7, 11) is 0. The van der Waals surface area contributed by atoms with Gasteiger partial charge < -0.3 is 22.1 Å². The van der Waals surface area contributed by atoms with E-state index in [0.29, 0.717) is 12.2 Å². The van der Waals surface area contributed by atoms with Gasteiger partial charge in [-0.2, -0.15) is 4.98 Å². The number of nitrogen functional groups attached to an aromatic ring is 1. The van der Waals surface area contributed by atoms with Crippen molar-refractivity contribution in [2.24, 2.45) is 29.4 Å². The zero-order valence-corrected chi connectivity index (χ0v) is 17.5. The highest BCUT2D eigenvalue weighted by molar-refractivity contribution is 6.28. The van der Waals surface area contributed by atoms with Gasteiger partial charge in [-0.15, -0.1) is 0 Å². The van der Waals surface area contributed by atoms with E-state index < -0.39 is 17.6 Å². The Bertz CT molecular complexity index is 1010. The van der Waals surface area contributed by atoms with Crippen LogP contribution in [-0.4, -0.2) is 34.4 Å². The number of carbonyl (C=O) groups is 2. The molecule has 10 heteroatoms. The maximum Gasteiger partial charge on any atom is 0.224 e. The zero-order valence-electron chi connectivity index (χ0n) is 16.7. The summed E-state index contributed by atoms with van der Waals surface area (Å²) >= 11 is 5.79. The molecule has 2 aliphatic carbocycles. The minimum Gasteiger partial charge on any atom is -0.399 e. The van der Waals surface area contributed by atoms with Crippen molar-refractivity contribution in [3.05, 3.63) is 47.1 Å². The van der Waals surface area contributed by atoms with Gasteiger partial charge in [-0.05, 0) is 59.9 Å². The van der Waals surface area contributed by atoms with Gasteiger partial charge in [0, 0.05) is 18.3 Å². The third-order valence-electron chi connectivity index (χ3n) is 6.37. The van der Waals surface area contributed by atoms with Gasteiger partial charge in [-0.25, -0.2) is 9.37 Å². The molecule has 1 aromatic heterocycles. The molecule has 0 radical (unpaired) electrons. The van der Waals surface area contributed by atoms with Crippen molar-refractivity contribution in [3.8, 4) is 0 Å². The van der Waals surface area contributed by atoms with E-state index in [2.05, 4.69) is 20.6 Å². The topological polar surface area (TPSA) is 136 Å². The summed E-state index contributed by atoms with van der Waals surface area (Å²) in [4.78, 5) is 32.0. The van der Waals surface area contributed by atoms with Gasteiger partial charge >= 0.3 is 0 Å². The number of aromatic nitrogens is 2. The lowest BCUT2D eigenvalue weighted by atomic mass is 9.77. The molecule has 6 N–H and O–H groups in total. The average Bonchev–Trinajstić information content (AvgIpc) is 3.27. The molecule has 2 aromatic rings. The average molecular weight is 447 g/mol. The highest BCUT2D eigenvalue weighted by Crippen LogP contribution is 2.52. The van der Waals surface area contributed by atoms with E-state index in [1.54, 1.807) is 12.1 Å². The van der Waals surface area contributed by atoms with Gasteiger partial charge in [-0.1, -0.05) is 12.1 Å². The molecule has 2 bridgehead atoms. The smallest absolute Gasteiger partial charge is 0.224 e. The first-order chi connectivity index (χ1) is 14.8. The van der Waals surface area contributed by atoms with Crippen molar-refractivity contribution in [2.75, 3.05) is 17.6 Å². The Morgan fingerprint density at radius 1 is 1.29 bits per heavy atom. The van der Waals surface area contributed by atoms with Crippen molar-refractivity contribution in [1.29, 1.82) is 0 Å². The van der Waals surface area contributed by atoms with Crippen LogP contribution in [0.3, 0.4) is 0 Å². The van der Waals surface area contributed by atoms with Crippen LogP contribution in [0.15, 0.2) is 30.5 Å². The number of nitrogens with two attached hydrogens (primary N) is 2. The lowest BCUT2D eigenvalue weighted by Crippen LogP contribution is -2.47. The third kappa shape index (κ3) is 4.56. The third-order valence-corrected chi connectivity index (χ3v) is 6.55. The Balaban J connectivity index is 1.42. The van der Waals surface area contributed by atoms with Crippen LogP contribution in [0.25, 0.3) is 0 Å². The summed E-state index contributed by atoms with van der Waals surface area (Å²) in [6.45, 7) is 0.471. The van der Waals surface area contributed by atoms with Crippen LogP contribution in [0.1, 0.15) is 18.4 Å². The number of anilines is 2. The van der Waals surface area contributed by atoms with Crippen LogP contribution in [-0.2, 0) is 16.0 Å². The number of halogens is 2. The molecule has 2 amide bonds. The van der Waals surface area contributed by atoms with Gasteiger partial charge in [0.25, 0.3) is 0 Å². The fourth-order valence-corrected chi connectivity index (χ4v) is 5.27. The number of benzene rings is 1. The quantitative estimate of drug-likeness (QED) is 0.378. The van der Waals surface area contributed by atoms with Crippen LogP contribution in [0.5, 0.6) is 0 Å². The van der Waals surface area contributed by atoms with Gasteiger partial charge in [0.2, 0.25) is 17.1 Å². The first-order valence-corrected chi connectivity index (χ1v) is 10.5. The minimum absolute atomic E-state index is 0.0447. The van der Waals surface area contributed by atoms with Gasteiger partial charge in [0.05, 0.1) is 18.5 Å².